The van der Waals surface area contributed by atoms with Crippen molar-refractivity contribution in [2.75, 3.05) is 13.1 Å². The highest BCUT2D eigenvalue weighted by atomic mass is 15.1. The largest absolute Gasteiger partial charge is 0.327 e. The molecule has 106 valence electrons. The second-order valence-electron chi connectivity index (χ2n) is 5.88. The third-order valence-corrected chi connectivity index (χ3v) is 4.55. The molecule has 3 nitrogen and oxygen atoms in total. The van der Waals surface area contributed by atoms with Gasteiger partial charge in [0.05, 0.1) is 0 Å². The molecule has 1 aromatic carbocycles. The number of pyridine rings is 1. The maximum atomic E-state index is 6.20. The van der Waals surface area contributed by atoms with Crippen molar-refractivity contribution in [3.63, 3.8) is 0 Å². The molecule has 0 amide bonds. The number of piperidine rings is 1. The first kappa shape index (κ1) is 13.5. The van der Waals surface area contributed by atoms with Crippen LogP contribution in [-0.4, -0.2) is 29.0 Å². The van der Waals surface area contributed by atoms with E-state index in [1.807, 2.05) is 12.4 Å². The molecule has 3 rings (SSSR count). The zero-order valence-electron chi connectivity index (χ0n) is 12.1. The molecule has 2 heterocycles. The number of nitrogens with two attached hydrogens (primary N) is 1. The van der Waals surface area contributed by atoms with Crippen molar-refractivity contribution in [1.29, 1.82) is 0 Å². The van der Waals surface area contributed by atoms with E-state index >= 15 is 0 Å². The van der Waals surface area contributed by atoms with Crippen molar-refractivity contribution in [2.45, 2.75) is 32.4 Å². The minimum Gasteiger partial charge on any atom is -0.327 e. The zero-order chi connectivity index (χ0) is 13.9. The fourth-order valence-corrected chi connectivity index (χ4v) is 3.25. The molecule has 1 aromatic heterocycles. The van der Waals surface area contributed by atoms with Crippen LogP contribution < -0.4 is 5.73 Å². The van der Waals surface area contributed by atoms with Crippen molar-refractivity contribution in [3.8, 4) is 0 Å². The fourth-order valence-electron chi connectivity index (χ4n) is 3.25. The van der Waals surface area contributed by atoms with Crippen molar-refractivity contribution < 1.29 is 0 Å². The van der Waals surface area contributed by atoms with Crippen LogP contribution in [0, 0.1) is 5.92 Å². The van der Waals surface area contributed by atoms with Crippen LogP contribution >= 0.6 is 0 Å². The van der Waals surface area contributed by atoms with Crippen LogP contribution in [0.3, 0.4) is 0 Å². The smallest absolute Gasteiger partial charge is 0.0346 e. The van der Waals surface area contributed by atoms with Gasteiger partial charge in [0, 0.05) is 36.9 Å². The van der Waals surface area contributed by atoms with Crippen molar-refractivity contribution >= 4 is 10.8 Å². The summed E-state index contributed by atoms with van der Waals surface area (Å²) in [5.41, 5.74) is 7.52. The third-order valence-electron chi connectivity index (χ3n) is 4.55. The topological polar surface area (TPSA) is 42.2 Å². The van der Waals surface area contributed by atoms with Crippen LogP contribution in [0.2, 0.25) is 0 Å². The molecule has 3 heteroatoms. The minimum atomic E-state index is 0.377. The predicted octanol–water partition coefficient (Wildman–Crippen LogP) is 2.79. The SMILES string of the molecule is CCC1CN(Cc2cncc3ccccc23)CCC1N. The monoisotopic (exact) mass is 269 g/mol. The van der Waals surface area contributed by atoms with Gasteiger partial charge in [-0.25, -0.2) is 0 Å². The van der Waals surface area contributed by atoms with E-state index in [4.69, 9.17) is 5.73 Å². The summed E-state index contributed by atoms with van der Waals surface area (Å²) in [5, 5.41) is 2.55. The molecule has 1 aliphatic heterocycles. The van der Waals surface area contributed by atoms with Gasteiger partial charge in [-0.3, -0.25) is 9.88 Å². The summed E-state index contributed by atoms with van der Waals surface area (Å²) in [4.78, 5) is 6.91. The molecular weight excluding hydrogens is 246 g/mol. The Morgan fingerprint density at radius 3 is 3.00 bits per heavy atom. The maximum Gasteiger partial charge on any atom is 0.0346 e. The van der Waals surface area contributed by atoms with Gasteiger partial charge in [0.2, 0.25) is 0 Å². The lowest BCUT2D eigenvalue weighted by atomic mass is 9.90. The zero-order valence-corrected chi connectivity index (χ0v) is 12.1. The van der Waals surface area contributed by atoms with E-state index in [9.17, 15) is 0 Å². The third kappa shape index (κ3) is 2.69. The van der Waals surface area contributed by atoms with E-state index < -0.39 is 0 Å². The minimum absolute atomic E-state index is 0.377. The number of hydrogen-bond donors (Lipinski definition) is 1. The summed E-state index contributed by atoms with van der Waals surface area (Å²) in [7, 11) is 0. The van der Waals surface area contributed by atoms with E-state index in [1.165, 1.54) is 22.8 Å². The summed E-state index contributed by atoms with van der Waals surface area (Å²) in [6.45, 7) is 5.44. The van der Waals surface area contributed by atoms with Gasteiger partial charge in [0.25, 0.3) is 0 Å². The lowest BCUT2D eigenvalue weighted by Crippen LogP contribution is -2.46. The molecule has 0 spiro atoms. The quantitative estimate of drug-likeness (QED) is 0.931. The van der Waals surface area contributed by atoms with E-state index in [1.54, 1.807) is 0 Å². The lowest BCUT2D eigenvalue weighted by Gasteiger charge is -2.36. The number of aromatic nitrogens is 1. The second kappa shape index (κ2) is 5.90. The number of likely N-dealkylation sites (tertiary alicyclic amines) is 1. The molecule has 0 bridgehead atoms. The molecule has 2 atom stereocenters. The first-order valence-electron chi connectivity index (χ1n) is 7.57. The molecule has 2 N–H and O–H groups in total. The highest BCUT2D eigenvalue weighted by Crippen LogP contribution is 2.23. The molecule has 1 fully saturated rings. The number of hydrogen-bond acceptors (Lipinski definition) is 3. The molecule has 2 aromatic rings. The Labute approximate surface area is 120 Å². The van der Waals surface area contributed by atoms with E-state index in [-0.39, 0.29) is 0 Å². The van der Waals surface area contributed by atoms with Crippen molar-refractivity contribution in [1.82, 2.24) is 9.88 Å². The van der Waals surface area contributed by atoms with Crippen molar-refractivity contribution in [3.05, 3.63) is 42.2 Å². The van der Waals surface area contributed by atoms with Crippen LogP contribution in [0.4, 0.5) is 0 Å². The van der Waals surface area contributed by atoms with Crippen LogP contribution in [0.15, 0.2) is 36.7 Å². The van der Waals surface area contributed by atoms with Gasteiger partial charge >= 0.3 is 0 Å². The van der Waals surface area contributed by atoms with Gasteiger partial charge in [-0.05, 0) is 29.8 Å². The van der Waals surface area contributed by atoms with E-state index in [2.05, 4.69) is 41.1 Å². The Bertz CT molecular complexity index is 576. The number of benzene rings is 1. The molecule has 0 saturated carbocycles. The number of fused-ring (bicyclic) bond motifs is 1. The second-order valence-corrected chi connectivity index (χ2v) is 5.88. The summed E-state index contributed by atoms with van der Waals surface area (Å²) in [5.74, 6) is 0.631. The molecular formula is C17H23N3. The fraction of sp³-hybridized carbons (Fsp3) is 0.471. The first-order valence-corrected chi connectivity index (χ1v) is 7.57. The van der Waals surface area contributed by atoms with Crippen LogP contribution in [0.5, 0.6) is 0 Å². The average Bonchev–Trinajstić information content (AvgIpc) is 2.49. The van der Waals surface area contributed by atoms with Crippen LogP contribution in [-0.2, 0) is 6.54 Å². The normalized spacial score (nSPS) is 24.1. The predicted molar refractivity (Wildman–Crippen MR) is 83.4 cm³/mol. The van der Waals surface area contributed by atoms with E-state index in [0.717, 1.165) is 26.1 Å². The summed E-state index contributed by atoms with van der Waals surface area (Å²) < 4.78 is 0. The van der Waals surface area contributed by atoms with Gasteiger partial charge in [-0.15, -0.1) is 0 Å². The number of nitrogens with zero attached hydrogens (tertiary/aromatic N) is 2. The Kier molecular flexibility index (Phi) is 3.99. The van der Waals surface area contributed by atoms with Gasteiger partial charge in [0.1, 0.15) is 0 Å². The summed E-state index contributed by atoms with van der Waals surface area (Å²) >= 11 is 0. The summed E-state index contributed by atoms with van der Waals surface area (Å²) in [6, 6.07) is 8.88. The highest BCUT2D eigenvalue weighted by Gasteiger charge is 2.25. The number of rotatable bonds is 3. The van der Waals surface area contributed by atoms with Gasteiger partial charge in [0.15, 0.2) is 0 Å². The Hall–Kier alpha value is -1.45. The van der Waals surface area contributed by atoms with Gasteiger partial charge < -0.3 is 5.73 Å². The highest BCUT2D eigenvalue weighted by molar-refractivity contribution is 5.84. The first-order chi connectivity index (χ1) is 9.78. The summed E-state index contributed by atoms with van der Waals surface area (Å²) in [6.07, 6.45) is 6.24. The molecule has 1 saturated heterocycles. The van der Waals surface area contributed by atoms with Crippen LogP contribution in [0.25, 0.3) is 10.8 Å². The Balaban J connectivity index is 1.80. The van der Waals surface area contributed by atoms with Crippen LogP contribution in [0.1, 0.15) is 25.3 Å². The maximum absolute atomic E-state index is 6.20. The van der Waals surface area contributed by atoms with E-state index in [0.29, 0.717) is 12.0 Å². The molecule has 0 aliphatic carbocycles. The molecule has 2 unspecified atom stereocenters. The molecule has 0 radical (unpaired) electrons. The standard InChI is InChI=1S/C17H23N3/c1-2-13-11-20(8-7-17(13)18)12-15-10-19-9-14-5-3-4-6-16(14)15/h3-6,9-10,13,17H,2,7-8,11-12,18H2,1H3. The van der Waals surface area contributed by atoms with Gasteiger partial charge in [-0.1, -0.05) is 37.6 Å². The average molecular weight is 269 g/mol. The van der Waals surface area contributed by atoms with Gasteiger partial charge in [-0.2, -0.15) is 0 Å². The Morgan fingerprint density at radius 1 is 1.30 bits per heavy atom. The lowest BCUT2D eigenvalue weighted by molar-refractivity contribution is 0.146. The van der Waals surface area contributed by atoms with Crippen molar-refractivity contribution in [2.24, 2.45) is 11.7 Å². The molecule has 1 aliphatic rings. The Morgan fingerprint density at radius 2 is 2.15 bits per heavy atom. The molecule has 20 heavy (non-hydrogen) atoms.